The number of anilines is 1. The number of aromatic nitrogens is 2. The molecule has 0 atom stereocenters. The van der Waals surface area contributed by atoms with Crippen LogP contribution in [0.25, 0.3) is 11.3 Å². The van der Waals surface area contributed by atoms with Crippen LogP contribution >= 0.6 is 0 Å². The second kappa shape index (κ2) is 9.60. The highest BCUT2D eigenvalue weighted by Gasteiger charge is 2.25. The quantitative estimate of drug-likeness (QED) is 0.658. The summed E-state index contributed by atoms with van der Waals surface area (Å²) in [5, 5.41) is 11.9. The molecule has 0 unspecified atom stereocenters. The molecule has 1 aliphatic heterocycles. The minimum absolute atomic E-state index is 0.0293. The summed E-state index contributed by atoms with van der Waals surface area (Å²) in [6, 6.07) is 20.1. The predicted octanol–water partition coefficient (Wildman–Crippen LogP) is 3.99. The molecule has 1 saturated heterocycles. The summed E-state index contributed by atoms with van der Waals surface area (Å²) in [6.45, 7) is 4.19. The predicted molar refractivity (Wildman–Crippen MR) is 122 cm³/mol. The topological polar surface area (TPSA) is 67.3 Å². The van der Waals surface area contributed by atoms with Crippen molar-refractivity contribution in [2.45, 2.75) is 26.3 Å². The maximum Gasteiger partial charge on any atom is 0.223 e. The SMILES string of the molecule is COc1cccc(CNC(=O)C2CCN(c3ccc(-c4ccc(C)cc4)nn3)CC2)c1. The van der Waals surface area contributed by atoms with Crippen molar-refractivity contribution in [2.24, 2.45) is 5.92 Å². The summed E-state index contributed by atoms with van der Waals surface area (Å²) in [7, 11) is 1.64. The molecule has 1 fully saturated rings. The van der Waals surface area contributed by atoms with Crippen molar-refractivity contribution in [2.75, 3.05) is 25.1 Å². The van der Waals surface area contributed by atoms with E-state index in [1.807, 2.05) is 36.4 Å². The fourth-order valence-corrected chi connectivity index (χ4v) is 3.86. The summed E-state index contributed by atoms with van der Waals surface area (Å²) >= 11 is 0. The van der Waals surface area contributed by atoms with Gasteiger partial charge in [-0.15, -0.1) is 10.2 Å². The molecule has 1 amide bonds. The van der Waals surface area contributed by atoms with E-state index >= 15 is 0 Å². The van der Waals surface area contributed by atoms with Gasteiger partial charge in [-0.2, -0.15) is 0 Å². The van der Waals surface area contributed by atoms with Crippen molar-refractivity contribution in [3.8, 4) is 17.0 Å². The summed E-state index contributed by atoms with van der Waals surface area (Å²) in [4.78, 5) is 14.8. The molecule has 4 rings (SSSR count). The number of hydrogen-bond acceptors (Lipinski definition) is 5. The van der Waals surface area contributed by atoms with Crippen molar-refractivity contribution in [3.05, 3.63) is 71.8 Å². The average molecular weight is 417 g/mol. The molecule has 0 bridgehead atoms. The smallest absolute Gasteiger partial charge is 0.223 e. The number of methoxy groups -OCH3 is 1. The van der Waals surface area contributed by atoms with Crippen molar-refractivity contribution >= 4 is 11.7 Å². The lowest BCUT2D eigenvalue weighted by Gasteiger charge is -2.31. The first-order valence-electron chi connectivity index (χ1n) is 10.7. The van der Waals surface area contributed by atoms with Crippen molar-refractivity contribution < 1.29 is 9.53 Å². The van der Waals surface area contributed by atoms with E-state index in [2.05, 4.69) is 51.6 Å². The third kappa shape index (κ3) is 5.20. The van der Waals surface area contributed by atoms with Crippen LogP contribution in [0.1, 0.15) is 24.0 Å². The molecule has 1 aromatic heterocycles. The van der Waals surface area contributed by atoms with Crippen LogP contribution in [0.2, 0.25) is 0 Å². The molecule has 2 heterocycles. The van der Waals surface area contributed by atoms with Crippen LogP contribution in [0.15, 0.2) is 60.7 Å². The Morgan fingerprint density at radius 2 is 1.84 bits per heavy atom. The lowest BCUT2D eigenvalue weighted by atomic mass is 9.96. The number of amides is 1. The molecule has 0 radical (unpaired) electrons. The van der Waals surface area contributed by atoms with E-state index in [-0.39, 0.29) is 11.8 Å². The minimum atomic E-state index is 0.0293. The molecule has 1 N–H and O–H groups in total. The number of carbonyl (C=O) groups is 1. The highest BCUT2D eigenvalue weighted by atomic mass is 16.5. The Morgan fingerprint density at radius 3 is 2.52 bits per heavy atom. The van der Waals surface area contributed by atoms with Crippen molar-refractivity contribution in [1.29, 1.82) is 0 Å². The van der Waals surface area contributed by atoms with Gasteiger partial charge in [-0.3, -0.25) is 4.79 Å². The number of nitrogens with one attached hydrogen (secondary N) is 1. The molecule has 0 aliphatic carbocycles. The summed E-state index contributed by atoms with van der Waals surface area (Å²) in [5.74, 6) is 1.81. The first-order valence-corrected chi connectivity index (χ1v) is 10.7. The normalized spacial score (nSPS) is 14.3. The monoisotopic (exact) mass is 416 g/mol. The zero-order chi connectivity index (χ0) is 21.6. The van der Waals surface area contributed by atoms with Crippen molar-refractivity contribution in [1.82, 2.24) is 15.5 Å². The number of hydrogen-bond donors (Lipinski definition) is 1. The number of ether oxygens (including phenoxy) is 1. The Hall–Kier alpha value is -3.41. The van der Waals surface area contributed by atoms with Gasteiger partial charge in [-0.25, -0.2) is 0 Å². The number of aryl methyl sites for hydroxylation is 1. The van der Waals surface area contributed by atoms with E-state index in [1.165, 1.54) is 5.56 Å². The van der Waals surface area contributed by atoms with Gasteiger partial charge in [0.25, 0.3) is 0 Å². The van der Waals surface area contributed by atoms with E-state index in [0.717, 1.165) is 54.3 Å². The second-order valence-electron chi connectivity index (χ2n) is 7.97. The standard InChI is InChI=1S/C25H28N4O2/c1-18-6-8-20(9-7-18)23-10-11-24(28-27-23)29-14-12-21(13-15-29)25(30)26-17-19-4-3-5-22(16-19)31-2/h3-11,16,21H,12-15,17H2,1-2H3,(H,26,30). The molecule has 31 heavy (non-hydrogen) atoms. The second-order valence-corrected chi connectivity index (χ2v) is 7.97. The molecule has 6 nitrogen and oxygen atoms in total. The number of piperidine rings is 1. The van der Waals surface area contributed by atoms with Gasteiger partial charge < -0.3 is 15.0 Å². The lowest BCUT2D eigenvalue weighted by Crippen LogP contribution is -2.40. The van der Waals surface area contributed by atoms with E-state index < -0.39 is 0 Å². The van der Waals surface area contributed by atoms with Gasteiger partial charge in [0.15, 0.2) is 5.82 Å². The minimum Gasteiger partial charge on any atom is -0.497 e. The number of benzene rings is 2. The van der Waals surface area contributed by atoms with Crippen molar-refractivity contribution in [3.63, 3.8) is 0 Å². The van der Waals surface area contributed by atoms with Crippen LogP contribution in [0, 0.1) is 12.8 Å². The first kappa shape index (κ1) is 20.8. The Kier molecular flexibility index (Phi) is 6.46. The fourth-order valence-electron chi connectivity index (χ4n) is 3.86. The van der Waals surface area contributed by atoms with Gasteiger partial charge in [0.1, 0.15) is 5.75 Å². The van der Waals surface area contributed by atoms with E-state index in [4.69, 9.17) is 4.74 Å². The highest BCUT2D eigenvalue weighted by molar-refractivity contribution is 5.79. The molecule has 0 saturated carbocycles. The summed E-state index contributed by atoms with van der Waals surface area (Å²) in [5.41, 5.74) is 4.20. The Labute approximate surface area is 183 Å². The van der Waals surface area contributed by atoms with Gasteiger partial charge >= 0.3 is 0 Å². The van der Waals surface area contributed by atoms with Crippen LogP contribution < -0.4 is 15.0 Å². The lowest BCUT2D eigenvalue weighted by molar-refractivity contribution is -0.125. The number of rotatable bonds is 6. The van der Waals surface area contributed by atoms with Crippen LogP contribution in [0.4, 0.5) is 5.82 Å². The Bertz CT molecular complexity index is 1010. The van der Waals surface area contributed by atoms with Gasteiger partial charge in [0.05, 0.1) is 12.8 Å². The third-order valence-electron chi connectivity index (χ3n) is 5.79. The van der Waals surface area contributed by atoms with E-state index in [9.17, 15) is 4.79 Å². The molecule has 160 valence electrons. The molecule has 3 aromatic rings. The third-order valence-corrected chi connectivity index (χ3v) is 5.79. The van der Waals surface area contributed by atoms with E-state index in [0.29, 0.717) is 6.54 Å². The highest BCUT2D eigenvalue weighted by Crippen LogP contribution is 2.24. The van der Waals surface area contributed by atoms with Gasteiger partial charge in [0, 0.05) is 31.1 Å². The van der Waals surface area contributed by atoms with Crippen LogP contribution in [-0.2, 0) is 11.3 Å². The number of nitrogens with zero attached hydrogens (tertiary/aromatic N) is 3. The van der Waals surface area contributed by atoms with Crippen LogP contribution in [0.5, 0.6) is 5.75 Å². The first-order chi connectivity index (χ1) is 15.1. The molecular weight excluding hydrogens is 388 g/mol. The van der Waals surface area contributed by atoms with Gasteiger partial charge in [-0.1, -0.05) is 42.0 Å². The average Bonchev–Trinajstić information content (AvgIpc) is 2.83. The van der Waals surface area contributed by atoms with Crippen LogP contribution in [-0.4, -0.2) is 36.3 Å². The molecule has 2 aromatic carbocycles. The van der Waals surface area contributed by atoms with E-state index in [1.54, 1.807) is 7.11 Å². The molecule has 1 aliphatic rings. The fraction of sp³-hybridized carbons (Fsp3) is 0.320. The van der Waals surface area contributed by atoms with Crippen LogP contribution in [0.3, 0.4) is 0 Å². The number of carbonyl (C=O) groups excluding carboxylic acids is 1. The maximum atomic E-state index is 12.6. The molecule has 6 heteroatoms. The Balaban J connectivity index is 1.28. The molecular formula is C25H28N4O2. The Morgan fingerprint density at radius 1 is 1.06 bits per heavy atom. The zero-order valence-electron chi connectivity index (χ0n) is 18.0. The zero-order valence-corrected chi connectivity index (χ0v) is 18.0. The van der Waals surface area contributed by atoms with Gasteiger partial charge in [0.2, 0.25) is 5.91 Å². The maximum absolute atomic E-state index is 12.6. The summed E-state index contributed by atoms with van der Waals surface area (Å²) < 4.78 is 5.24. The summed E-state index contributed by atoms with van der Waals surface area (Å²) in [6.07, 6.45) is 1.62. The van der Waals surface area contributed by atoms with Gasteiger partial charge in [-0.05, 0) is 49.6 Å². The largest absolute Gasteiger partial charge is 0.497 e. The molecule has 0 spiro atoms.